The molecule has 1 heterocycles. The van der Waals surface area contributed by atoms with Gasteiger partial charge < -0.3 is 15.2 Å². The summed E-state index contributed by atoms with van der Waals surface area (Å²) in [6.07, 6.45) is 6.91. The molecule has 0 bridgehead atoms. The molecule has 1 saturated carbocycles. The van der Waals surface area contributed by atoms with Crippen LogP contribution in [0.2, 0.25) is 0 Å². The molecule has 1 fully saturated rings. The molecule has 1 aromatic heterocycles. The highest BCUT2D eigenvalue weighted by Crippen LogP contribution is 2.30. The van der Waals surface area contributed by atoms with Gasteiger partial charge in [-0.05, 0) is 43.2 Å². The topological polar surface area (TPSA) is 88.5 Å². The van der Waals surface area contributed by atoms with Crippen molar-refractivity contribution in [3.8, 4) is 17.0 Å². The number of benzene rings is 1. The Morgan fingerprint density at radius 3 is 2.57 bits per heavy atom. The Labute approximate surface area is 164 Å². The third-order valence-corrected chi connectivity index (χ3v) is 5.30. The monoisotopic (exact) mass is 382 g/mol. The van der Waals surface area contributed by atoms with Crippen LogP contribution in [0.5, 0.6) is 5.75 Å². The van der Waals surface area contributed by atoms with Crippen LogP contribution < -0.4 is 10.1 Å². The quantitative estimate of drug-likeness (QED) is 0.818. The van der Waals surface area contributed by atoms with E-state index in [1.54, 1.807) is 31.5 Å². The molecule has 2 atom stereocenters. The van der Waals surface area contributed by atoms with Gasteiger partial charge in [-0.1, -0.05) is 31.7 Å². The number of carbonyl (C=O) groups is 2. The average molecular weight is 382 g/mol. The van der Waals surface area contributed by atoms with Gasteiger partial charge in [-0.15, -0.1) is 0 Å². The SMILES string of the molecule is COc1ccc(C(=O)NC2CCCCCCC2C(=O)O)cc1-c1ccccn1. The number of hydrogen-bond acceptors (Lipinski definition) is 4. The predicted molar refractivity (Wildman–Crippen MR) is 106 cm³/mol. The van der Waals surface area contributed by atoms with E-state index in [1.165, 1.54) is 0 Å². The number of aliphatic carboxylic acids is 1. The number of hydrogen-bond donors (Lipinski definition) is 2. The standard InChI is InChI=1S/C22H26N2O4/c1-28-20-12-11-15(14-17(20)18-9-6-7-13-23-18)21(25)24-19-10-5-3-2-4-8-16(19)22(26)27/h6-7,9,11-14,16,19H,2-5,8,10H2,1H3,(H,24,25)(H,26,27). The van der Waals surface area contributed by atoms with Crippen LogP contribution in [-0.4, -0.2) is 35.1 Å². The second-order valence-corrected chi connectivity index (χ2v) is 7.15. The molecule has 1 aliphatic rings. The number of nitrogens with zero attached hydrogens (tertiary/aromatic N) is 1. The molecule has 148 valence electrons. The van der Waals surface area contributed by atoms with Gasteiger partial charge in [-0.3, -0.25) is 14.6 Å². The van der Waals surface area contributed by atoms with Crippen molar-refractivity contribution in [2.24, 2.45) is 5.92 Å². The van der Waals surface area contributed by atoms with Gasteiger partial charge in [0.25, 0.3) is 5.91 Å². The summed E-state index contributed by atoms with van der Waals surface area (Å²) in [6, 6.07) is 10.4. The van der Waals surface area contributed by atoms with Crippen molar-refractivity contribution >= 4 is 11.9 Å². The lowest BCUT2D eigenvalue weighted by molar-refractivity contribution is -0.143. The largest absolute Gasteiger partial charge is 0.496 e. The number of pyridine rings is 1. The minimum Gasteiger partial charge on any atom is -0.496 e. The highest BCUT2D eigenvalue weighted by atomic mass is 16.5. The van der Waals surface area contributed by atoms with Gasteiger partial charge >= 0.3 is 5.97 Å². The Hall–Kier alpha value is -2.89. The summed E-state index contributed by atoms with van der Waals surface area (Å²) in [4.78, 5) is 28.9. The number of carboxylic acids is 1. The van der Waals surface area contributed by atoms with E-state index in [0.29, 0.717) is 29.8 Å². The highest BCUT2D eigenvalue weighted by Gasteiger charge is 2.30. The van der Waals surface area contributed by atoms with Crippen molar-refractivity contribution in [1.82, 2.24) is 10.3 Å². The van der Waals surface area contributed by atoms with Crippen molar-refractivity contribution in [3.63, 3.8) is 0 Å². The molecule has 6 nitrogen and oxygen atoms in total. The van der Waals surface area contributed by atoms with E-state index >= 15 is 0 Å². The summed E-state index contributed by atoms with van der Waals surface area (Å²) >= 11 is 0. The number of aromatic nitrogens is 1. The normalized spacial score (nSPS) is 19.9. The summed E-state index contributed by atoms with van der Waals surface area (Å²) in [6.45, 7) is 0. The fourth-order valence-electron chi connectivity index (χ4n) is 3.78. The summed E-state index contributed by atoms with van der Waals surface area (Å²) < 4.78 is 5.41. The first kappa shape index (κ1) is 19.9. The second-order valence-electron chi connectivity index (χ2n) is 7.15. The van der Waals surface area contributed by atoms with E-state index in [-0.39, 0.29) is 11.9 Å². The number of carbonyl (C=O) groups excluding carboxylic acids is 1. The fraction of sp³-hybridized carbons (Fsp3) is 0.409. The molecular weight excluding hydrogens is 356 g/mol. The van der Waals surface area contributed by atoms with E-state index in [1.807, 2.05) is 18.2 Å². The Morgan fingerprint density at radius 1 is 1.11 bits per heavy atom. The lowest BCUT2D eigenvalue weighted by Gasteiger charge is -2.27. The lowest BCUT2D eigenvalue weighted by atomic mass is 9.86. The van der Waals surface area contributed by atoms with Gasteiger partial charge in [0.05, 0.1) is 18.7 Å². The smallest absolute Gasteiger partial charge is 0.308 e. The third kappa shape index (κ3) is 4.68. The van der Waals surface area contributed by atoms with Gasteiger partial charge in [0, 0.05) is 23.4 Å². The highest BCUT2D eigenvalue weighted by molar-refractivity contribution is 5.96. The number of methoxy groups -OCH3 is 1. The van der Waals surface area contributed by atoms with Crippen LogP contribution in [0.15, 0.2) is 42.6 Å². The van der Waals surface area contributed by atoms with Crippen LogP contribution in [0, 0.1) is 5.92 Å². The number of amides is 1. The lowest BCUT2D eigenvalue weighted by Crippen LogP contribution is -2.43. The molecule has 6 heteroatoms. The summed E-state index contributed by atoms with van der Waals surface area (Å²) in [5, 5.41) is 12.6. The minimum absolute atomic E-state index is 0.267. The third-order valence-electron chi connectivity index (χ3n) is 5.30. The van der Waals surface area contributed by atoms with Gasteiger partial charge in [0.2, 0.25) is 0 Å². The summed E-state index contributed by atoms with van der Waals surface area (Å²) in [5.74, 6) is -1.02. The van der Waals surface area contributed by atoms with Crippen LogP contribution in [0.1, 0.15) is 48.9 Å². The van der Waals surface area contributed by atoms with Crippen molar-refractivity contribution in [2.45, 2.75) is 44.6 Å². The van der Waals surface area contributed by atoms with Crippen molar-refractivity contribution < 1.29 is 19.4 Å². The first-order valence-electron chi connectivity index (χ1n) is 9.73. The molecular formula is C22H26N2O4. The molecule has 3 rings (SSSR count). The van der Waals surface area contributed by atoms with Gasteiger partial charge in [-0.2, -0.15) is 0 Å². The van der Waals surface area contributed by atoms with Crippen LogP contribution >= 0.6 is 0 Å². The predicted octanol–water partition coefficient (Wildman–Crippen LogP) is 3.91. The minimum atomic E-state index is -0.837. The Kier molecular flexibility index (Phi) is 6.63. The maximum Gasteiger partial charge on any atom is 0.308 e. The Balaban J connectivity index is 1.84. The average Bonchev–Trinajstić information content (AvgIpc) is 2.70. The van der Waals surface area contributed by atoms with E-state index in [0.717, 1.165) is 31.2 Å². The van der Waals surface area contributed by atoms with E-state index in [4.69, 9.17) is 4.74 Å². The number of rotatable bonds is 5. The van der Waals surface area contributed by atoms with E-state index < -0.39 is 11.9 Å². The van der Waals surface area contributed by atoms with Gasteiger partial charge in [0.1, 0.15) is 5.75 Å². The maximum absolute atomic E-state index is 12.9. The molecule has 0 aliphatic heterocycles. The molecule has 0 spiro atoms. The van der Waals surface area contributed by atoms with Crippen LogP contribution in [0.25, 0.3) is 11.3 Å². The second kappa shape index (κ2) is 9.35. The molecule has 2 unspecified atom stereocenters. The van der Waals surface area contributed by atoms with Gasteiger partial charge in [0.15, 0.2) is 0 Å². The number of nitrogens with one attached hydrogen (secondary N) is 1. The van der Waals surface area contributed by atoms with Crippen molar-refractivity contribution in [2.75, 3.05) is 7.11 Å². The zero-order valence-electron chi connectivity index (χ0n) is 16.1. The molecule has 2 aromatic rings. The number of carboxylic acid groups (broad SMARTS) is 1. The summed E-state index contributed by atoms with van der Waals surface area (Å²) in [5.41, 5.74) is 1.90. The first-order chi connectivity index (χ1) is 13.6. The van der Waals surface area contributed by atoms with Crippen molar-refractivity contribution in [1.29, 1.82) is 0 Å². The molecule has 0 saturated heterocycles. The van der Waals surface area contributed by atoms with Crippen LogP contribution in [-0.2, 0) is 4.79 Å². The Bertz CT molecular complexity index is 823. The number of ether oxygens (including phenoxy) is 1. The van der Waals surface area contributed by atoms with Crippen LogP contribution in [0.4, 0.5) is 0 Å². The molecule has 0 radical (unpaired) electrons. The summed E-state index contributed by atoms with van der Waals surface area (Å²) in [7, 11) is 1.58. The molecule has 1 aliphatic carbocycles. The van der Waals surface area contributed by atoms with Gasteiger partial charge in [-0.25, -0.2) is 0 Å². The molecule has 1 amide bonds. The zero-order valence-corrected chi connectivity index (χ0v) is 16.1. The Morgan fingerprint density at radius 2 is 1.89 bits per heavy atom. The molecule has 28 heavy (non-hydrogen) atoms. The van der Waals surface area contributed by atoms with Crippen molar-refractivity contribution in [3.05, 3.63) is 48.2 Å². The fourth-order valence-corrected chi connectivity index (χ4v) is 3.78. The molecule has 1 aromatic carbocycles. The van der Waals surface area contributed by atoms with E-state index in [9.17, 15) is 14.7 Å². The zero-order chi connectivity index (χ0) is 19.9. The molecule has 2 N–H and O–H groups in total. The van der Waals surface area contributed by atoms with Crippen LogP contribution in [0.3, 0.4) is 0 Å². The first-order valence-corrected chi connectivity index (χ1v) is 9.73. The van der Waals surface area contributed by atoms with E-state index in [2.05, 4.69) is 10.3 Å². The maximum atomic E-state index is 12.9.